The van der Waals surface area contributed by atoms with Gasteiger partial charge in [-0.2, -0.15) is 0 Å². The van der Waals surface area contributed by atoms with Gasteiger partial charge in [0.05, 0.1) is 11.0 Å². The summed E-state index contributed by atoms with van der Waals surface area (Å²) >= 11 is 0. The number of nitrogens with two attached hydrogens (primary N) is 1. The Kier molecular flexibility index (Phi) is 4.55. The van der Waals surface area contributed by atoms with Crippen molar-refractivity contribution in [2.45, 2.75) is 26.3 Å². The van der Waals surface area contributed by atoms with E-state index in [1.165, 1.54) is 12.1 Å². The first-order valence-corrected chi connectivity index (χ1v) is 6.79. The van der Waals surface area contributed by atoms with Crippen LogP contribution >= 0.6 is 0 Å². The van der Waals surface area contributed by atoms with Gasteiger partial charge in [-0.15, -0.1) is 0 Å². The molecule has 0 radical (unpaired) electrons. The maximum Gasteiger partial charge on any atom is 0.273 e. The third-order valence-corrected chi connectivity index (χ3v) is 3.34. The van der Waals surface area contributed by atoms with Crippen molar-refractivity contribution in [1.29, 1.82) is 0 Å². The molecule has 2 N–H and O–H groups in total. The van der Waals surface area contributed by atoms with Gasteiger partial charge in [0.1, 0.15) is 11.5 Å². The van der Waals surface area contributed by atoms with E-state index in [9.17, 15) is 10.1 Å². The van der Waals surface area contributed by atoms with E-state index in [-0.39, 0.29) is 11.7 Å². The fraction of sp³-hybridized carbons (Fsp3) is 0.250. The van der Waals surface area contributed by atoms with Crippen LogP contribution in [0.4, 0.5) is 5.69 Å². The summed E-state index contributed by atoms with van der Waals surface area (Å²) in [5, 5.41) is 10.8. The van der Waals surface area contributed by atoms with Gasteiger partial charge in [-0.1, -0.05) is 19.1 Å². The van der Waals surface area contributed by atoms with E-state index >= 15 is 0 Å². The van der Waals surface area contributed by atoms with E-state index in [0.717, 1.165) is 17.5 Å². The number of hydrogen-bond donors (Lipinski definition) is 1. The van der Waals surface area contributed by atoms with Crippen LogP contribution in [-0.4, -0.2) is 4.92 Å². The maximum absolute atomic E-state index is 10.8. The molecular formula is C16H18N2O3. The van der Waals surface area contributed by atoms with Crippen molar-refractivity contribution in [2.24, 2.45) is 5.73 Å². The minimum absolute atomic E-state index is 0.0111. The van der Waals surface area contributed by atoms with Crippen molar-refractivity contribution < 1.29 is 9.66 Å². The Bertz CT molecular complexity index is 656. The lowest BCUT2D eigenvalue weighted by Gasteiger charge is -2.12. The highest BCUT2D eigenvalue weighted by molar-refractivity contribution is 5.46. The number of nitro benzene ring substituents is 1. The molecule has 0 heterocycles. The second-order valence-electron chi connectivity index (χ2n) is 4.90. The average Bonchev–Trinajstić information content (AvgIpc) is 2.48. The van der Waals surface area contributed by atoms with Crippen LogP contribution in [-0.2, 0) is 0 Å². The lowest BCUT2D eigenvalue weighted by molar-refractivity contribution is -0.384. The first-order valence-electron chi connectivity index (χ1n) is 6.79. The summed E-state index contributed by atoms with van der Waals surface area (Å²) in [5.74, 6) is 1.10. The minimum Gasteiger partial charge on any atom is -0.457 e. The van der Waals surface area contributed by atoms with Gasteiger partial charge in [0.2, 0.25) is 0 Å². The molecule has 2 rings (SSSR count). The Hall–Kier alpha value is -2.40. The number of nitro groups is 1. The summed E-state index contributed by atoms with van der Waals surface area (Å²) < 4.78 is 5.78. The van der Waals surface area contributed by atoms with Gasteiger partial charge in [0, 0.05) is 12.1 Å². The van der Waals surface area contributed by atoms with E-state index < -0.39 is 4.92 Å². The number of hydrogen-bond acceptors (Lipinski definition) is 4. The summed E-state index contributed by atoms with van der Waals surface area (Å²) in [4.78, 5) is 10.4. The van der Waals surface area contributed by atoms with Crippen LogP contribution in [0.25, 0.3) is 0 Å². The van der Waals surface area contributed by atoms with Crippen molar-refractivity contribution in [3.8, 4) is 11.5 Å². The summed E-state index contributed by atoms with van der Waals surface area (Å²) in [7, 11) is 0. The molecule has 21 heavy (non-hydrogen) atoms. The molecule has 0 aliphatic rings. The van der Waals surface area contributed by atoms with Gasteiger partial charge in [-0.05, 0) is 42.7 Å². The zero-order valence-electron chi connectivity index (χ0n) is 12.1. The summed E-state index contributed by atoms with van der Waals surface area (Å²) in [5.41, 5.74) is 7.84. The molecule has 0 fully saturated rings. The molecule has 0 aromatic heterocycles. The predicted molar refractivity (Wildman–Crippen MR) is 81.6 cm³/mol. The summed E-state index contributed by atoms with van der Waals surface area (Å²) in [6, 6.07) is 12.0. The van der Waals surface area contributed by atoms with Crippen LogP contribution in [0.5, 0.6) is 11.5 Å². The molecule has 110 valence electrons. The Morgan fingerprint density at radius 2 is 2.05 bits per heavy atom. The molecule has 5 nitrogen and oxygen atoms in total. The highest BCUT2D eigenvalue weighted by atomic mass is 16.6. The highest BCUT2D eigenvalue weighted by Gasteiger charge is 2.11. The second kappa shape index (κ2) is 6.37. The zero-order valence-corrected chi connectivity index (χ0v) is 12.1. The van der Waals surface area contributed by atoms with Crippen molar-refractivity contribution >= 4 is 5.69 Å². The van der Waals surface area contributed by atoms with Crippen LogP contribution < -0.4 is 10.5 Å². The molecule has 5 heteroatoms. The summed E-state index contributed by atoms with van der Waals surface area (Å²) in [6.45, 7) is 3.86. The molecular weight excluding hydrogens is 268 g/mol. The molecule has 2 aromatic carbocycles. The number of benzene rings is 2. The topological polar surface area (TPSA) is 78.4 Å². The standard InChI is InChI=1S/C16H18N2O3/c1-3-15(17)12-5-4-6-14(9-12)21-16-10-13(18(19)20)8-7-11(16)2/h4-10,15H,3,17H2,1-2H3. The van der Waals surface area contributed by atoms with Crippen LogP contribution in [0, 0.1) is 17.0 Å². The van der Waals surface area contributed by atoms with Gasteiger partial charge in [0.15, 0.2) is 0 Å². The third-order valence-electron chi connectivity index (χ3n) is 3.34. The Morgan fingerprint density at radius 3 is 2.71 bits per heavy atom. The van der Waals surface area contributed by atoms with Crippen LogP contribution in [0.15, 0.2) is 42.5 Å². The molecule has 1 atom stereocenters. The minimum atomic E-state index is -0.435. The normalized spacial score (nSPS) is 12.0. The monoisotopic (exact) mass is 286 g/mol. The Balaban J connectivity index is 2.29. The smallest absolute Gasteiger partial charge is 0.273 e. The average molecular weight is 286 g/mol. The first kappa shape index (κ1) is 15.0. The fourth-order valence-electron chi connectivity index (χ4n) is 1.98. The van der Waals surface area contributed by atoms with Gasteiger partial charge >= 0.3 is 0 Å². The van der Waals surface area contributed by atoms with Crippen molar-refractivity contribution in [2.75, 3.05) is 0 Å². The van der Waals surface area contributed by atoms with Crippen LogP contribution in [0.3, 0.4) is 0 Å². The number of rotatable bonds is 5. The van der Waals surface area contributed by atoms with Crippen molar-refractivity contribution in [3.63, 3.8) is 0 Å². The van der Waals surface area contributed by atoms with Crippen molar-refractivity contribution in [1.82, 2.24) is 0 Å². The van der Waals surface area contributed by atoms with Crippen LogP contribution in [0.1, 0.15) is 30.5 Å². The van der Waals surface area contributed by atoms with E-state index in [1.54, 1.807) is 6.07 Å². The molecule has 0 saturated carbocycles. The molecule has 0 bridgehead atoms. The van der Waals surface area contributed by atoms with Crippen molar-refractivity contribution in [3.05, 3.63) is 63.7 Å². The fourth-order valence-corrected chi connectivity index (χ4v) is 1.98. The highest BCUT2D eigenvalue weighted by Crippen LogP contribution is 2.30. The van der Waals surface area contributed by atoms with E-state index in [1.807, 2.05) is 38.1 Å². The second-order valence-corrected chi connectivity index (χ2v) is 4.90. The number of aryl methyl sites for hydroxylation is 1. The first-order chi connectivity index (χ1) is 10.0. The largest absolute Gasteiger partial charge is 0.457 e. The number of non-ortho nitro benzene ring substituents is 1. The SMILES string of the molecule is CCC(N)c1cccc(Oc2cc([N+](=O)[O-])ccc2C)c1. The van der Waals surface area contributed by atoms with Gasteiger partial charge in [-0.25, -0.2) is 0 Å². The number of ether oxygens (including phenoxy) is 1. The van der Waals surface area contributed by atoms with Crippen LogP contribution in [0.2, 0.25) is 0 Å². The lowest BCUT2D eigenvalue weighted by atomic mass is 10.1. The molecule has 2 aromatic rings. The summed E-state index contributed by atoms with van der Waals surface area (Å²) in [6.07, 6.45) is 0.833. The molecule has 0 aliphatic heterocycles. The zero-order chi connectivity index (χ0) is 15.4. The molecule has 0 saturated heterocycles. The van der Waals surface area contributed by atoms with Gasteiger partial charge < -0.3 is 10.5 Å². The molecule has 0 spiro atoms. The third kappa shape index (κ3) is 3.58. The molecule has 0 amide bonds. The Labute approximate surface area is 123 Å². The van der Waals surface area contributed by atoms with Gasteiger partial charge in [0.25, 0.3) is 5.69 Å². The van der Waals surface area contributed by atoms with E-state index in [4.69, 9.17) is 10.5 Å². The molecule has 1 unspecified atom stereocenters. The van der Waals surface area contributed by atoms with E-state index in [2.05, 4.69) is 0 Å². The predicted octanol–water partition coefficient (Wildman–Crippen LogP) is 4.11. The maximum atomic E-state index is 10.8. The number of nitrogens with zero attached hydrogens (tertiary/aromatic N) is 1. The quantitative estimate of drug-likeness (QED) is 0.662. The lowest BCUT2D eigenvalue weighted by Crippen LogP contribution is -2.08. The van der Waals surface area contributed by atoms with Gasteiger partial charge in [-0.3, -0.25) is 10.1 Å². The Morgan fingerprint density at radius 1 is 1.29 bits per heavy atom. The van der Waals surface area contributed by atoms with E-state index in [0.29, 0.717) is 11.5 Å². The molecule has 0 aliphatic carbocycles.